The molecule has 1 aliphatic rings. The lowest BCUT2D eigenvalue weighted by Crippen LogP contribution is -2.36. The van der Waals surface area contributed by atoms with E-state index in [1.165, 1.54) is 25.9 Å². The van der Waals surface area contributed by atoms with Crippen molar-refractivity contribution >= 4 is 0 Å². The fraction of sp³-hybridized carbons (Fsp3) is 0.667. The second-order valence-electron chi connectivity index (χ2n) is 5.41. The number of nitrogens with two attached hydrogens (primary N) is 1. The van der Waals surface area contributed by atoms with Crippen molar-refractivity contribution in [1.29, 1.82) is 0 Å². The van der Waals surface area contributed by atoms with Gasteiger partial charge in [0.25, 0.3) is 0 Å². The molecule has 2 rings (SSSR count). The van der Waals surface area contributed by atoms with Crippen LogP contribution in [0.2, 0.25) is 0 Å². The molecule has 0 radical (unpaired) electrons. The van der Waals surface area contributed by atoms with Crippen molar-refractivity contribution in [2.24, 2.45) is 5.73 Å². The Hall–Kier alpha value is -1.17. The van der Waals surface area contributed by atoms with Crippen molar-refractivity contribution in [3.05, 3.63) is 23.9 Å². The Morgan fingerprint density at radius 1 is 1.40 bits per heavy atom. The summed E-state index contributed by atoms with van der Waals surface area (Å²) in [5.41, 5.74) is 7.10. The number of likely N-dealkylation sites (tertiary alicyclic amines) is 1. The number of hydrogen-bond acceptors (Lipinski definition) is 5. The number of methoxy groups -OCH3 is 1. The maximum absolute atomic E-state index is 5.95. The quantitative estimate of drug-likeness (QED) is 0.810. The molecule has 0 bridgehead atoms. The number of pyridine rings is 1. The van der Waals surface area contributed by atoms with Crippen LogP contribution >= 0.6 is 0 Å². The van der Waals surface area contributed by atoms with Gasteiger partial charge in [0.2, 0.25) is 5.88 Å². The largest absolute Gasteiger partial charge is 0.481 e. The van der Waals surface area contributed by atoms with Crippen LogP contribution in [0.1, 0.15) is 24.4 Å². The molecule has 0 spiro atoms. The lowest BCUT2D eigenvalue weighted by molar-refractivity contribution is 0.209. The summed E-state index contributed by atoms with van der Waals surface area (Å²) in [5.74, 6) is 0.643. The molecule has 2 N–H and O–H groups in total. The van der Waals surface area contributed by atoms with Crippen LogP contribution in [0.15, 0.2) is 18.3 Å². The van der Waals surface area contributed by atoms with E-state index in [-0.39, 0.29) is 6.04 Å². The Labute approximate surface area is 121 Å². The highest BCUT2D eigenvalue weighted by Crippen LogP contribution is 2.19. The van der Waals surface area contributed by atoms with Crippen LogP contribution in [0.4, 0.5) is 0 Å². The van der Waals surface area contributed by atoms with Gasteiger partial charge in [0, 0.05) is 37.9 Å². The standard InChI is InChI=1S/C15H26N4O/c1-18(9-10-19-7-3-4-8-19)14(11-16)13-5-6-15(20-2)17-12-13/h5-6,12,14H,3-4,7-11,16H2,1-2H3. The molecule has 1 aliphatic heterocycles. The highest BCUT2D eigenvalue weighted by atomic mass is 16.5. The minimum Gasteiger partial charge on any atom is -0.481 e. The van der Waals surface area contributed by atoms with E-state index in [0.29, 0.717) is 12.4 Å². The average molecular weight is 278 g/mol. The molecule has 0 amide bonds. The fourth-order valence-corrected chi connectivity index (χ4v) is 2.74. The van der Waals surface area contributed by atoms with Crippen molar-refractivity contribution in [1.82, 2.24) is 14.8 Å². The summed E-state index contributed by atoms with van der Waals surface area (Å²) in [5, 5.41) is 0. The molecule has 1 aromatic heterocycles. The van der Waals surface area contributed by atoms with Gasteiger partial charge in [0.1, 0.15) is 0 Å². The third kappa shape index (κ3) is 3.91. The second kappa shape index (κ2) is 7.57. The summed E-state index contributed by atoms with van der Waals surface area (Å²) in [6.07, 6.45) is 4.54. The molecule has 0 saturated carbocycles. The first-order chi connectivity index (χ1) is 9.74. The van der Waals surface area contributed by atoms with Crippen molar-refractivity contribution in [2.75, 3.05) is 46.9 Å². The first kappa shape index (κ1) is 15.2. The van der Waals surface area contributed by atoms with E-state index in [1.54, 1.807) is 7.11 Å². The van der Waals surface area contributed by atoms with Crippen LogP contribution in [0.5, 0.6) is 5.88 Å². The van der Waals surface area contributed by atoms with Gasteiger partial charge in [0.15, 0.2) is 0 Å². The van der Waals surface area contributed by atoms with E-state index >= 15 is 0 Å². The van der Waals surface area contributed by atoms with Crippen LogP contribution in [0.3, 0.4) is 0 Å². The minimum atomic E-state index is 0.219. The summed E-state index contributed by atoms with van der Waals surface area (Å²) >= 11 is 0. The smallest absolute Gasteiger partial charge is 0.212 e. The molecule has 0 aromatic carbocycles. The molecule has 5 nitrogen and oxygen atoms in total. The number of rotatable bonds is 7. The van der Waals surface area contributed by atoms with Crippen molar-refractivity contribution < 1.29 is 4.74 Å². The molecule has 1 aromatic rings. The number of likely N-dealkylation sites (N-methyl/N-ethyl adjacent to an activating group) is 1. The van der Waals surface area contributed by atoms with E-state index in [4.69, 9.17) is 10.5 Å². The number of hydrogen-bond donors (Lipinski definition) is 1. The predicted octanol–water partition coefficient (Wildman–Crippen LogP) is 1.12. The van der Waals surface area contributed by atoms with E-state index in [2.05, 4.69) is 27.9 Å². The van der Waals surface area contributed by atoms with Crippen LogP contribution in [0.25, 0.3) is 0 Å². The van der Waals surface area contributed by atoms with Crippen LogP contribution in [0, 0.1) is 0 Å². The molecule has 1 saturated heterocycles. The van der Waals surface area contributed by atoms with Gasteiger partial charge in [-0.1, -0.05) is 6.07 Å². The number of ether oxygens (including phenoxy) is 1. The van der Waals surface area contributed by atoms with Gasteiger partial charge in [-0.15, -0.1) is 0 Å². The maximum atomic E-state index is 5.95. The average Bonchev–Trinajstić information content (AvgIpc) is 3.00. The normalized spacial score (nSPS) is 17.6. The molecule has 1 atom stereocenters. The first-order valence-corrected chi connectivity index (χ1v) is 7.37. The summed E-state index contributed by atoms with van der Waals surface area (Å²) in [7, 11) is 3.77. The SMILES string of the molecule is COc1ccc(C(CN)N(C)CCN2CCCC2)cn1. The molecule has 2 heterocycles. The summed E-state index contributed by atoms with van der Waals surface area (Å²) in [6.45, 7) is 5.24. The Morgan fingerprint density at radius 3 is 2.70 bits per heavy atom. The van der Waals surface area contributed by atoms with Gasteiger partial charge >= 0.3 is 0 Å². The second-order valence-corrected chi connectivity index (χ2v) is 5.41. The lowest BCUT2D eigenvalue weighted by atomic mass is 10.1. The molecule has 1 unspecified atom stereocenters. The zero-order chi connectivity index (χ0) is 14.4. The Morgan fingerprint density at radius 2 is 2.15 bits per heavy atom. The number of aromatic nitrogens is 1. The van der Waals surface area contributed by atoms with Gasteiger partial charge in [-0.05, 0) is 38.5 Å². The van der Waals surface area contributed by atoms with Crippen molar-refractivity contribution in [3.8, 4) is 5.88 Å². The van der Waals surface area contributed by atoms with Gasteiger partial charge in [-0.25, -0.2) is 4.98 Å². The topological polar surface area (TPSA) is 54.6 Å². The maximum Gasteiger partial charge on any atom is 0.212 e. The van der Waals surface area contributed by atoms with Gasteiger partial charge < -0.3 is 15.4 Å². The van der Waals surface area contributed by atoms with Gasteiger partial charge in [-0.3, -0.25) is 4.90 Å². The van der Waals surface area contributed by atoms with Crippen LogP contribution in [-0.4, -0.2) is 61.7 Å². The third-order valence-electron chi connectivity index (χ3n) is 4.08. The monoisotopic (exact) mass is 278 g/mol. The highest BCUT2D eigenvalue weighted by Gasteiger charge is 2.18. The number of nitrogens with zero attached hydrogens (tertiary/aromatic N) is 3. The first-order valence-electron chi connectivity index (χ1n) is 7.37. The molecule has 5 heteroatoms. The summed E-state index contributed by atoms with van der Waals surface area (Å²) < 4.78 is 5.10. The predicted molar refractivity (Wildman–Crippen MR) is 80.9 cm³/mol. The Balaban J connectivity index is 1.91. The zero-order valence-corrected chi connectivity index (χ0v) is 12.6. The minimum absolute atomic E-state index is 0.219. The summed E-state index contributed by atoms with van der Waals surface area (Å²) in [6, 6.07) is 4.16. The summed E-state index contributed by atoms with van der Waals surface area (Å²) in [4.78, 5) is 9.12. The molecule has 112 valence electrons. The lowest BCUT2D eigenvalue weighted by Gasteiger charge is -2.29. The van der Waals surface area contributed by atoms with E-state index in [9.17, 15) is 0 Å². The van der Waals surface area contributed by atoms with Crippen LogP contribution in [-0.2, 0) is 0 Å². The van der Waals surface area contributed by atoms with E-state index in [1.807, 2.05) is 12.3 Å². The highest BCUT2D eigenvalue weighted by molar-refractivity contribution is 5.21. The molecule has 20 heavy (non-hydrogen) atoms. The van der Waals surface area contributed by atoms with Crippen LogP contribution < -0.4 is 10.5 Å². The molecular formula is C15H26N4O. The van der Waals surface area contributed by atoms with Crippen molar-refractivity contribution in [2.45, 2.75) is 18.9 Å². The molecule has 1 fully saturated rings. The molecule has 0 aliphatic carbocycles. The Bertz CT molecular complexity index is 389. The van der Waals surface area contributed by atoms with Crippen molar-refractivity contribution in [3.63, 3.8) is 0 Å². The Kier molecular flexibility index (Phi) is 5.76. The van der Waals surface area contributed by atoms with E-state index in [0.717, 1.165) is 18.7 Å². The van der Waals surface area contributed by atoms with E-state index < -0.39 is 0 Å². The third-order valence-corrected chi connectivity index (χ3v) is 4.08. The van der Waals surface area contributed by atoms with Gasteiger partial charge in [0.05, 0.1) is 7.11 Å². The van der Waals surface area contributed by atoms with Gasteiger partial charge in [-0.2, -0.15) is 0 Å². The zero-order valence-electron chi connectivity index (χ0n) is 12.6. The molecular weight excluding hydrogens is 252 g/mol. The fourth-order valence-electron chi connectivity index (χ4n) is 2.74.